The molecule has 2 heterocycles. The molecule has 6 heteroatoms. The minimum Gasteiger partial charge on any atom is -0.380 e. The third kappa shape index (κ3) is 1.82. The molecule has 0 aliphatic carbocycles. The molecule has 4 aromatic rings. The maximum absolute atomic E-state index is 6.24. The maximum Gasteiger partial charge on any atom is 0.184 e. The Kier molecular flexibility index (Phi) is 2.55. The highest BCUT2D eigenvalue weighted by Crippen LogP contribution is 2.26. The number of rotatable bonds is 1. The molecule has 0 amide bonds. The van der Waals surface area contributed by atoms with Crippen LogP contribution in [0.3, 0.4) is 0 Å². The molecule has 2 N–H and O–H groups in total. The molecule has 2 aromatic heterocycles. The van der Waals surface area contributed by atoms with Crippen molar-refractivity contribution in [3.05, 3.63) is 53.6 Å². The molecule has 5 nitrogen and oxygen atoms in total. The van der Waals surface area contributed by atoms with E-state index in [0.29, 0.717) is 22.0 Å². The number of hydrogen-bond acceptors (Lipinski definition) is 4. The van der Waals surface area contributed by atoms with Crippen molar-refractivity contribution in [2.75, 3.05) is 5.73 Å². The van der Waals surface area contributed by atoms with Gasteiger partial charge in [-0.05, 0) is 24.3 Å². The summed E-state index contributed by atoms with van der Waals surface area (Å²) in [5, 5.41) is 4.91. The molecule has 0 saturated carbocycles. The summed E-state index contributed by atoms with van der Waals surface area (Å²) in [6.45, 7) is 0. The van der Waals surface area contributed by atoms with Crippen molar-refractivity contribution in [1.29, 1.82) is 0 Å². The summed E-state index contributed by atoms with van der Waals surface area (Å²) < 4.78 is 1.63. The second-order valence-electron chi connectivity index (χ2n) is 4.63. The van der Waals surface area contributed by atoms with Crippen LogP contribution in [0.1, 0.15) is 0 Å². The predicted octanol–water partition coefficient (Wildman–Crippen LogP) is 3.20. The first-order valence-electron chi connectivity index (χ1n) is 6.40. The fourth-order valence-electron chi connectivity index (χ4n) is 2.30. The molecule has 0 bridgehead atoms. The lowest BCUT2D eigenvalue weighted by Crippen LogP contribution is -1.99. The monoisotopic (exact) mass is 295 g/mol. The molecule has 0 aliphatic heterocycles. The van der Waals surface area contributed by atoms with Crippen LogP contribution in [0.25, 0.3) is 27.9 Å². The zero-order valence-corrected chi connectivity index (χ0v) is 11.6. The van der Waals surface area contributed by atoms with Crippen LogP contribution in [0.15, 0.2) is 48.5 Å². The maximum atomic E-state index is 6.24. The summed E-state index contributed by atoms with van der Waals surface area (Å²) in [6, 6.07) is 15.1. The standard InChI is InChI=1S/C15H10ClN5/c16-9-5-1-4-8-12(9)21-15-13(14(17)20-21)18-10-6-2-3-7-11(10)19-15/h1-8H,(H2,17,20). The first-order chi connectivity index (χ1) is 10.2. The topological polar surface area (TPSA) is 69.6 Å². The molecule has 0 saturated heterocycles. The Labute approximate surface area is 125 Å². The lowest BCUT2D eigenvalue weighted by atomic mass is 10.3. The fraction of sp³-hybridized carbons (Fsp3) is 0. The van der Waals surface area contributed by atoms with E-state index in [1.165, 1.54) is 0 Å². The zero-order valence-electron chi connectivity index (χ0n) is 10.9. The summed E-state index contributed by atoms with van der Waals surface area (Å²) >= 11 is 6.24. The van der Waals surface area contributed by atoms with Crippen LogP contribution in [0.5, 0.6) is 0 Å². The number of hydrogen-bond donors (Lipinski definition) is 1. The zero-order chi connectivity index (χ0) is 14.4. The lowest BCUT2D eigenvalue weighted by molar-refractivity contribution is 0.905. The first kappa shape index (κ1) is 12.1. The Morgan fingerprint density at radius 1 is 0.905 bits per heavy atom. The minimum absolute atomic E-state index is 0.336. The molecule has 0 fully saturated rings. The predicted molar refractivity (Wildman–Crippen MR) is 83.6 cm³/mol. The van der Waals surface area contributed by atoms with Gasteiger partial charge in [0.2, 0.25) is 0 Å². The first-order valence-corrected chi connectivity index (χ1v) is 6.78. The van der Waals surface area contributed by atoms with Gasteiger partial charge in [-0.3, -0.25) is 0 Å². The Morgan fingerprint density at radius 2 is 1.57 bits per heavy atom. The Morgan fingerprint density at radius 3 is 2.33 bits per heavy atom. The minimum atomic E-state index is 0.336. The summed E-state index contributed by atoms with van der Waals surface area (Å²) in [4.78, 5) is 9.15. The average Bonchev–Trinajstić information content (AvgIpc) is 2.82. The summed E-state index contributed by atoms with van der Waals surface area (Å²) in [6.07, 6.45) is 0. The van der Waals surface area contributed by atoms with Crippen LogP contribution in [0.4, 0.5) is 5.82 Å². The molecular weight excluding hydrogens is 286 g/mol. The van der Waals surface area contributed by atoms with E-state index in [2.05, 4.69) is 15.1 Å². The Bertz CT molecular complexity index is 976. The van der Waals surface area contributed by atoms with E-state index in [1.54, 1.807) is 10.7 Å². The molecule has 2 aromatic carbocycles. The molecule has 0 spiro atoms. The molecule has 4 rings (SSSR count). The summed E-state index contributed by atoms with van der Waals surface area (Å²) in [5.41, 5.74) is 9.46. The van der Waals surface area contributed by atoms with Crippen molar-refractivity contribution in [3.63, 3.8) is 0 Å². The number of fused-ring (bicyclic) bond motifs is 2. The number of halogens is 1. The van der Waals surface area contributed by atoms with Crippen molar-refractivity contribution < 1.29 is 0 Å². The number of benzene rings is 2. The van der Waals surface area contributed by atoms with Crippen LogP contribution < -0.4 is 5.73 Å². The highest BCUT2D eigenvalue weighted by molar-refractivity contribution is 6.32. The van der Waals surface area contributed by atoms with Gasteiger partial charge in [0.05, 0.1) is 21.7 Å². The van der Waals surface area contributed by atoms with Gasteiger partial charge in [-0.2, -0.15) is 0 Å². The van der Waals surface area contributed by atoms with Gasteiger partial charge < -0.3 is 5.73 Å². The van der Waals surface area contributed by atoms with Crippen LogP contribution >= 0.6 is 11.6 Å². The SMILES string of the molecule is Nc1nn(-c2ccccc2Cl)c2nc3ccccc3nc12. The number of para-hydroxylation sites is 3. The van der Waals surface area contributed by atoms with Crippen molar-refractivity contribution in [2.24, 2.45) is 0 Å². The second-order valence-corrected chi connectivity index (χ2v) is 5.04. The third-order valence-electron chi connectivity index (χ3n) is 3.28. The van der Waals surface area contributed by atoms with E-state index in [1.807, 2.05) is 42.5 Å². The van der Waals surface area contributed by atoms with Crippen molar-refractivity contribution in [3.8, 4) is 5.69 Å². The van der Waals surface area contributed by atoms with Crippen LogP contribution in [0, 0.1) is 0 Å². The molecule has 0 aliphatic rings. The third-order valence-corrected chi connectivity index (χ3v) is 3.60. The normalized spacial score (nSPS) is 11.3. The summed E-state index contributed by atoms with van der Waals surface area (Å²) in [7, 11) is 0. The fourth-order valence-corrected chi connectivity index (χ4v) is 2.52. The molecule has 102 valence electrons. The van der Waals surface area contributed by atoms with Crippen LogP contribution in [-0.4, -0.2) is 19.7 Å². The van der Waals surface area contributed by atoms with Gasteiger partial charge in [-0.15, -0.1) is 5.10 Å². The molecule has 0 unspecified atom stereocenters. The largest absolute Gasteiger partial charge is 0.380 e. The second kappa shape index (κ2) is 4.43. The van der Waals surface area contributed by atoms with Gasteiger partial charge in [0.15, 0.2) is 17.0 Å². The van der Waals surface area contributed by atoms with Gasteiger partial charge in [0.1, 0.15) is 0 Å². The Hall–Kier alpha value is -2.66. The molecular formula is C15H10ClN5. The van der Waals surface area contributed by atoms with Crippen LogP contribution in [0.2, 0.25) is 5.02 Å². The summed E-state index contributed by atoms with van der Waals surface area (Å²) in [5.74, 6) is 0.336. The van der Waals surface area contributed by atoms with Gasteiger partial charge in [0.25, 0.3) is 0 Å². The highest BCUT2D eigenvalue weighted by Gasteiger charge is 2.15. The van der Waals surface area contributed by atoms with Crippen molar-refractivity contribution in [1.82, 2.24) is 19.7 Å². The highest BCUT2D eigenvalue weighted by atomic mass is 35.5. The van der Waals surface area contributed by atoms with E-state index >= 15 is 0 Å². The number of nitrogens with two attached hydrogens (primary N) is 1. The van der Waals surface area contributed by atoms with Gasteiger partial charge >= 0.3 is 0 Å². The van der Waals surface area contributed by atoms with E-state index in [0.717, 1.165) is 16.7 Å². The number of nitrogen functional groups attached to an aromatic ring is 1. The lowest BCUT2D eigenvalue weighted by Gasteiger charge is -2.04. The van der Waals surface area contributed by atoms with E-state index in [-0.39, 0.29) is 0 Å². The van der Waals surface area contributed by atoms with Gasteiger partial charge in [-0.25, -0.2) is 14.6 Å². The van der Waals surface area contributed by atoms with E-state index in [9.17, 15) is 0 Å². The smallest absolute Gasteiger partial charge is 0.184 e. The molecule has 21 heavy (non-hydrogen) atoms. The average molecular weight is 296 g/mol. The van der Waals surface area contributed by atoms with Gasteiger partial charge in [-0.1, -0.05) is 35.9 Å². The molecule has 0 atom stereocenters. The van der Waals surface area contributed by atoms with Crippen molar-refractivity contribution in [2.45, 2.75) is 0 Å². The quantitative estimate of drug-likeness (QED) is 0.585. The number of nitrogens with zero attached hydrogens (tertiary/aromatic N) is 4. The van der Waals surface area contributed by atoms with Crippen LogP contribution in [-0.2, 0) is 0 Å². The van der Waals surface area contributed by atoms with Crippen molar-refractivity contribution >= 4 is 39.6 Å². The van der Waals surface area contributed by atoms with E-state index < -0.39 is 0 Å². The Balaban J connectivity index is 2.11. The number of anilines is 1. The van der Waals surface area contributed by atoms with Gasteiger partial charge in [0, 0.05) is 0 Å². The number of aromatic nitrogens is 4. The van der Waals surface area contributed by atoms with E-state index in [4.69, 9.17) is 17.3 Å². The molecule has 0 radical (unpaired) electrons.